The molecule has 0 aliphatic rings. The number of rotatable bonds is 4. The van der Waals surface area contributed by atoms with Crippen molar-refractivity contribution >= 4 is 55.2 Å². The van der Waals surface area contributed by atoms with Gasteiger partial charge in [-0.05, 0) is 36.4 Å². The maximum absolute atomic E-state index is 13.7. The van der Waals surface area contributed by atoms with Gasteiger partial charge in [-0.25, -0.2) is 22.2 Å². The molecule has 3 rings (SSSR count). The smallest absolute Gasteiger partial charge is 0.226 e. The van der Waals surface area contributed by atoms with Crippen LogP contribution in [0.4, 0.5) is 19.6 Å². The first-order valence-electron chi connectivity index (χ1n) is 6.66. The number of benzene rings is 2. The van der Waals surface area contributed by atoms with Crippen molar-refractivity contribution in [2.75, 3.05) is 5.32 Å². The van der Waals surface area contributed by atoms with E-state index in [1.165, 1.54) is 30.3 Å². The van der Waals surface area contributed by atoms with E-state index in [4.69, 9.17) is 23.2 Å². The van der Waals surface area contributed by atoms with Crippen LogP contribution in [-0.4, -0.2) is 13.4 Å². The van der Waals surface area contributed by atoms with Crippen LogP contribution >= 0.6 is 34.5 Å². The highest BCUT2D eigenvalue weighted by atomic mass is 35.5. The van der Waals surface area contributed by atoms with Gasteiger partial charge in [-0.3, -0.25) is 0 Å². The molecule has 0 saturated carbocycles. The molecule has 10 heteroatoms. The lowest BCUT2D eigenvalue weighted by atomic mass is 10.3. The molecule has 25 heavy (non-hydrogen) atoms. The number of hydrogen-bond donors (Lipinski definition) is 1. The molecule has 2 aromatic carbocycles. The standard InChI is InChI=1S/C15H8Cl2F2N2O2S2/c16-8-1-4-10(5-2-8)25(22,23)14-13(17)24-15(21-14)20-12-6-3-9(18)7-11(12)19/h1-7H,(H,20,21). The van der Waals surface area contributed by atoms with Gasteiger partial charge in [0.25, 0.3) is 0 Å². The zero-order chi connectivity index (χ0) is 18.2. The molecular formula is C15H8Cl2F2N2O2S2. The molecule has 1 N–H and O–H groups in total. The van der Waals surface area contributed by atoms with Crippen molar-refractivity contribution < 1.29 is 17.2 Å². The van der Waals surface area contributed by atoms with Crippen molar-refractivity contribution in [3.05, 3.63) is 63.5 Å². The zero-order valence-corrected chi connectivity index (χ0v) is 15.3. The highest BCUT2D eigenvalue weighted by Gasteiger charge is 2.26. The van der Waals surface area contributed by atoms with Gasteiger partial charge in [0.1, 0.15) is 16.0 Å². The van der Waals surface area contributed by atoms with E-state index in [9.17, 15) is 17.2 Å². The number of hydrogen-bond acceptors (Lipinski definition) is 5. The summed E-state index contributed by atoms with van der Waals surface area (Å²) in [5, 5.41) is 2.68. The number of thiazole rings is 1. The van der Waals surface area contributed by atoms with E-state index in [2.05, 4.69) is 10.3 Å². The minimum atomic E-state index is -3.96. The van der Waals surface area contributed by atoms with Gasteiger partial charge in [-0.1, -0.05) is 34.5 Å². The van der Waals surface area contributed by atoms with Crippen molar-refractivity contribution in [1.29, 1.82) is 0 Å². The fourth-order valence-corrected chi connectivity index (χ4v) is 4.88. The number of nitrogens with one attached hydrogen (secondary N) is 1. The van der Waals surface area contributed by atoms with Gasteiger partial charge >= 0.3 is 0 Å². The molecule has 130 valence electrons. The van der Waals surface area contributed by atoms with E-state index in [0.717, 1.165) is 17.4 Å². The monoisotopic (exact) mass is 420 g/mol. The van der Waals surface area contributed by atoms with Gasteiger partial charge in [0.05, 0.1) is 10.6 Å². The Kier molecular flexibility index (Phi) is 4.97. The number of halogens is 4. The summed E-state index contributed by atoms with van der Waals surface area (Å²) in [6.45, 7) is 0. The van der Waals surface area contributed by atoms with Crippen LogP contribution in [0.5, 0.6) is 0 Å². The summed E-state index contributed by atoms with van der Waals surface area (Å²) >= 11 is 12.6. The molecular weight excluding hydrogens is 413 g/mol. The Hall–Kier alpha value is -1.74. The summed E-state index contributed by atoms with van der Waals surface area (Å²) in [6.07, 6.45) is 0. The number of anilines is 2. The van der Waals surface area contributed by atoms with E-state index in [1.54, 1.807) is 0 Å². The van der Waals surface area contributed by atoms with E-state index >= 15 is 0 Å². The summed E-state index contributed by atoms with van der Waals surface area (Å²) in [7, 11) is -3.96. The maximum atomic E-state index is 13.7. The van der Waals surface area contributed by atoms with Crippen LogP contribution in [0.2, 0.25) is 9.36 Å². The number of aromatic nitrogens is 1. The minimum absolute atomic E-state index is 0.0244. The lowest BCUT2D eigenvalue weighted by Crippen LogP contribution is -2.03. The van der Waals surface area contributed by atoms with Crippen molar-refractivity contribution in [2.45, 2.75) is 9.92 Å². The van der Waals surface area contributed by atoms with Gasteiger partial charge in [0, 0.05) is 11.1 Å². The van der Waals surface area contributed by atoms with E-state index in [1.807, 2.05) is 0 Å². The van der Waals surface area contributed by atoms with E-state index < -0.39 is 21.5 Å². The molecule has 0 radical (unpaired) electrons. The molecule has 1 aromatic heterocycles. The summed E-state index contributed by atoms with van der Waals surface area (Å²) in [5.74, 6) is -1.57. The van der Waals surface area contributed by atoms with Gasteiger partial charge < -0.3 is 5.32 Å². The SMILES string of the molecule is O=S(=O)(c1ccc(Cl)cc1)c1nc(Nc2ccc(F)cc2F)sc1Cl. The summed E-state index contributed by atoms with van der Waals surface area (Å²) in [5.41, 5.74) is -0.0535. The van der Waals surface area contributed by atoms with Crippen LogP contribution < -0.4 is 5.32 Å². The Morgan fingerprint density at radius 3 is 2.36 bits per heavy atom. The zero-order valence-electron chi connectivity index (χ0n) is 12.1. The summed E-state index contributed by atoms with van der Waals surface area (Å²) in [4.78, 5) is 3.91. The number of sulfone groups is 1. The quantitative estimate of drug-likeness (QED) is 0.621. The molecule has 0 unspecified atom stereocenters. The Morgan fingerprint density at radius 2 is 1.72 bits per heavy atom. The van der Waals surface area contributed by atoms with Gasteiger partial charge in [0.15, 0.2) is 10.2 Å². The molecule has 0 aliphatic carbocycles. The highest BCUT2D eigenvalue weighted by Crippen LogP contribution is 2.36. The maximum Gasteiger partial charge on any atom is 0.226 e. The van der Waals surface area contributed by atoms with Crippen molar-refractivity contribution in [1.82, 2.24) is 4.98 Å². The predicted octanol–water partition coefficient (Wildman–Crippen LogP) is 5.30. The van der Waals surface area contributed by atoms with E-state index in [-0.39, 0.29) is 25.1 Å². The van der Waals surface area contributed by atoms with Crippen molar-refractivity contribution in [3.63, 3.8) is 0 Å². The third-order valence-electron chi connectivity index (χ3n) is 3.11. The molecule has 0 saturated heterocycles. The van der Waals surface area contributed by atoms with Gasteiger partial charge in [-0.15, -0.1) is 0 Å². The molecule has 0 bridgehead atoms. The molecule has 0 fully saturated rings. The second kappa shape index (κ2) is 6.87. The van der Waals surface area contributed by atoms with Crippen LogP contribution in [-0.2, 0) is 9.84 Å². The van der Waals surface area contributed by atoms with E-state index in [0.29, 0.717) is 11.1 Å². The topological polar surface area (TPSA) is 59.1 Å². The Bertz CT molecular complexity index is 1040. The van der Waals surface area contributed by atoms with Gasteiger partial charge in [0.2, 0.25) is 9.84 Å². The summed E-state index contributed by atoms with van der Waals surface area (Å²) in [6, 6.07) is 8.46. The Balaban J connectivity index is 1.96. The molecule has 0 amide bonds. The minimum Gasteiger partial charge on any atom is -0.329 e. The molecule has 0 aliphatic heterocycles. The largest absolute Gasteiger partial charge is 0.329 e. The van der Waals surface area contributed by atoms with Crippen molar-refractivity contribution in [2.24, 2.45) is 0 Å². The molecule has 4 nitrogen and oxygen atoms in total. The normalized spacial score (nSPS) is 11.5. The lowest BCUT2D eigenvalue weighted by Gasteiger charge is -2.04. The first-order valence-corrected chi connectivity index (χ1v) is 9.72. The first kappa shape index (κ1) is 18.1. The second-order valence-corrected chi connectivity index (χ2v) is 8.71. The molecule has 1 heterocycles. The highest BCUT2D eigenvalue weighted by molar-refractivity contribution is 7.91. The number of nitrogens with zero attached hydrogens (tertiary/aromatic N) is 1. The summed E-state index contributed by atoms with van der Waals surface area (Å²) < 4.78 is 51.8. The van der Waals surface area contributed by atoms with Crippen LogP contribution in [0.3, 0.4) is 0 Å². The van der Waals surface area contributed by atoms with Crippen LogP contribution in [0, 0.1) is 11.6 Å². The van der Waals surface area contributed by atoms with Crippen LogP contribution in [0.1, 0.15) is 0 Å². The Morgan fingerprint density at radius 1 is 1.04 bits per heavy atom. The first-order chi connectivity index (χ1) is 11.8. The average Bonchev–Trinajstić information content (AvgIpc) is 2.92. The predicted molar refractivity (Wildman–Crippen MR) is 93.7 cm³/mol. The lowest BCUT2D eigenvalue weighted by molar-refractivity contribution is 0.586. The van der Waals surface area contributed by atoms with Crippen LogP contribution in [0.15, 0.2) is 52.4 Å². The van der Waals surface area contributed by atoms with Crippen LogP contribution in [0.25, 0.3) is 0 Å². The second-order valence-electron chi connectivity index (χ2n) is 4.80. The fraction of sp³-hybridized carbons (Fsp3) is 0. The Labute approximate surface area is 156 Å². The third-order valence-corrected chi connectivity index (χ3v) is 6.47. The van der Waals surface area contributed by atoms with Gasteiger partial charge in [-0.2, -0.15) is 0 Å². The average molecular weight is 421 g/mol. The fourth-order valence-electron chi connectivity index (χ4n) is 1.94. The molecule has 0 atom stereocenters. The molecule has 3 aromatic rings. The van der Waals surface area contributed by atoms with Crippen molar-refractivity contribution in [3.8, 4) is 0 Å². The third kappa shape index (κ3) is 3.77. The molecule has 0 spiro atoms.